The largest absolute Gasteiger partial charge is 0.508 e. The summed E-state index contributed by atoms with van der Waals surface area (Å²) in [4.78, 5) is 0. The van der Waals surface area contributed by atoms with Gasteiger partial charge in [0.05, 0.1) is 0 Å². The van der Waals surface area contributed by atoms with E-state index in [1.165, 1.54) is 0 Å². The smallest absolute Gasteiger partial charge is 0.115 e. The summed E-state index contributed by atoms with van der Waals surface area (Å²) in [6.07, 6.45) is 5.96. The second kappa shape index (κ2) is 6.02. The first-order valence-electron chi connectivity index (χ1n) is 7.42. The van der Waals surface area contributed by atoms with Crippen molar-refractivity contribution >= 4 is 0 Å². The fraction of sp³-hybridized carbons (Fsp3) is 0.0476. The van der Waals surface area contributed by atoms with Crippen LogP contribution >= 0.6 is 0 Å². The maximum absolute atomic E-state index is 9.91. The highest BCUT2D eigenvalue weighted by atomic mass is 16.3. The summed E-state index contributed by atoms with van der Waals surface area (Å²) in [7, 11) is 0. The van der Waals surface area contributed by atoms with E-state index in [2.05, 4.69) is 5.92 Å². The van der Waals surface area contributed by atoms with Gasteiger partial charge in [0, 0.05) is 0 Å². The van der Waals surface area contributed by atoms with Crippen molar-refractivity contribution in [2.75, 3.05) is 0 Å². The van der Waals surface area contributed by atoms with E-state index in [-0.39, 0.29) is 17.2 Å². The predicted molar refractivity (Wildman–Crippen MR) is 93.0 cm³/mol. The number of terminal acetylenes is 1. The van der Waals surface area contributed by atoms with Gasteiger partial charge in [-0.15, -0.1) is 6.42 Å². The number of rotatable bonds is 3. The number of aromatic hydroxyl groups is 3. The van der Waals surface area contributed by atoms with E-state index < -0.39 is 5.41 Å². The minimum Gasteiger partial charge on any atom is -0.508 e. The fourth-order valence-electron chi connectivity index (χ4n) is 2.97. The molecular weight excluding hydrogens is 300 g/mol. The van der Waals surface area contributed by atoms with Crippen molar-refractivity contribution < 1.29 is 15.3 Å². The minimum absolute atomic E-state index is 0.0902. The molecule has 118 valence electrons. The van der Waals surface area contributed by atoms with Gasteiger partial charge < -0.3 is 15.3 Å². The van der Waals surface area contributed by atoms with Gasteiger partial charge in [0.25, 0.3) is 0 Å². The van der Waals surface area contributed by atoms with Gasteiger partial charge in [-0.2, -0.15) is 0 Å². The molecule has 0 unspecified atom stereocenters. The number of benzene rings is 3. The Labute approximate surface area is 140 Å². The van der Waals surface area contributed by atoms with Crippen LogP contribution in [0.1, 0.15) is 16.7 Å². The highest BCUT2D eigenvalue weighted by molar-refractivity contribution is 5.60. The van der Waals surface area contributed by atoms with Crippen molar-refractivity contribution in [2.45, 2.75) is 5.41 Å². The topological polar surface area (TPSA) is 60.7 Å². The average Bonchev–Trinajstić information content (AvgIpc) is 2.56. The molecule has 3 N–H and O–H groups in total. The number of phenols is 3. The Kier molecular flexibility index (Phi) is 3.89. The predicted octanol–water partition coefficient (Wildman–Crippen LogP) is 3.77. The van der Waals surface area contributed by atoms with Gasteiger partial charge in [-0.05, 0) is 53.1 Å². The third-order valence-corrected chi connectivity index (χ3v) is 4.05. The molecule has 0 bridgehead atoms. The Hall–Kier alpha value is -3.38. The van der Waals surface area contributed by atoms with Gasteiger partial charge in [0.1, 0.15) is 22.7 Å². The van der Waals surface area contributed by atoms with Crippen molar-refractivity contribution in [1.82, 2.24) is 0 Å². The molecule has 3 aromatic carbocycles. The van der Waals surface area contributed by atoms with Crippen LogP contribution in [0.25, 0.3) is 0 Å². The van der Waals surface area contributed by atoms with E-state index in [0.717, 1.165) is 0 Å². The number of hydrogen-bond donors (Lipinski definition) is 3. The zero-order chi connectivity index (χ0) is 17.2. The summed E-state index contributed by atoms with van der Waals surface area (Å²) in [6, 6.07) is 20.0. The fourth-order valence-corrected chi connectivity index (χ4v) is 2.97. The molecule has 0 fully saturated rings. The molecule has 3 rings (SSSR count). The Morgan fingerprint density at radius 3 is 1.21 bits per heavy atom. The third-order valence-electron chi connectivity index (χ3n) is 4.05. The van der Waals surface area contributed by atoms with Crippen LogP contribution in [0.5, 0.6) is 17.2 Å². The first-order valence-corrected chi connectivity index (χ1v) is 7.42. The molecule has 3 heteroatoms. The van der Waals surface area contributed by atoms with Crippen LogP contribution in [0.4, 0.5) is 0 Å². The van der Waals surface area contributed by atoms with Gasteiger partial charge in [-0.3, -0.25) is 0 Å². The van der Waals surface area contributed by atoms with E-state index in [4.69, 9.17) is 6.42 Å². The van der Waals surface area contributed by atoms with Crippen LogP contribution in [-0.2, 0) is 5.41 Å². The maximum atomic E-state index is 9.91. The summed E-state index contributed by atoms with van der Waals surface area (Å²) in [5.41, 5.74) is 0.944. The molecule has 0 atom stereocenters. The lowest BCUT2D eigenvalue weighted by Crippen LogP contribution is -2.27. The summed E-state index contributed by atoms with van der Waals surface area (Å²) >= 11 is 0. The highest BCUT2D eigenvalue weighted by Gasteiger charge is 2.35. The van der Waals surface area contributed by atoms with E-state index in [9.17, 15) is 15.3 Å². The number of phenolic OH excluding ortho intramolecular Hbond substituents is 3. The molecule has 3 nitrogen and oxygen atoms in total. The van der Waals surface area contributed by atoms with Gasteiger partial charge in [0.2, 0.25) is 0 Å². The van der Waals surface area contributed by atoms with E-state index >= 15 is 0 Å². The zero-order valence-electron chi connectivity index (χ0n) is 12.8. The molecule has 0 amide bonds. The molecule has 0 heterocycles. The van der Waals surface area contributed by atoms with Crippen LogP contribution in [0.2, 0.25) is 0 Å². The summed E-state index contributed by atoms with van der Waals surface area (Å²) in [6.45, 7) is 0. The number of hydrogen-bond acceptors (Lipinski definition) is 3. The standard InChI is InChI=1S/C21H16O3/c1-2-21(15-6-3-9-18(22)12-15,16-7-4-10-19(23)13-16)17-8-5-11-20(24)14-17/h1,3-14,22-24H. The van der Waals surface area contributed by atoms with Crippen molar-refractivity contribution in [1.29, 1.82) is 0 Å². The molecule has 0 aliphatic rings. The molecule has 24 heavy (non-hydrogen) atoms. The SMILES string of the molecule is C#CC(c1cccc(O)c1)(c1cccc(O)c1)c1cccc(O)c1. The van der Waals surface area contributed by atoms with Crippen LogP contribution in [0.15, 0.2) is 72.8 Å². The molecule has 0 saturated carbocycles. The molecule has 0 aliphatic heterocycles. The van der Waals surface area contributed by atoms with Crippen molar-refractivity contribution in [3.05, 3.63) is 89.5 Å². The monoisotopic (exact) mass is 316 g/mol. The van der Waals surface area contributed by atoms with Crippen LogP contribution in [0.3, 0.4) is 0 Å². The van der Waals surface area contributed by atoms with E-state index in [1.54, 1.807) is 54.6 Å². The zero-order valence-corrected chi connectivity index (χ0v) is 12.8. The quantitative estimate of drug-likeness (QED) is 0.509. The Balaban J connectivity index is 2.38. The molecule has 0 aromatic heterocycles. The first-order chi connectivity index (χ1) is 11.6. The van der Waals surface area contributed by atoms with Gasteiger partial charge >= 0.3 is 0 Å². The lowest BCUT2D eigenvalue weighted by molar-refractivity contribution is 0.471. The van der Waals surface area contributed by atoms with Crippen molar-refractivity contribution in [3.63, 3.8) is 0 Å². The molecule has 0 spiro atoms. The first kappa shape index (κ1) is 15.5. The van der Waals surface area contributed by atoms with Gasteiger partial charge in [-0.1, -0.05) is 42.3 Å². The van der Waals surface area contributed by atoms with Crippen LogP contribution in [-0.4, -0.2) is 15.3 Å². The summed E-state index contributed by atoms with van der Waals surface area (Å²) in [5, 5.41) is 29.7. The molecule has 3 aromatic rings. The Morgan fingerprint density at radius 1 is 0.625 bits per heavy atom. The van der Waals surface area contributed by atoms with Gasteiger partial charge in [0.15, 0.2) is 0 Å². The normalized spacial score (nSPS) is 11.0. The Morgan fingerprint density at radius 2 is 0.958 bits per heavy atom. The van der Waals surface area contributed by atoms with E-state index in [1.807, 2.05) is 18.2 Å². The van der Waals surface area contributed by atoms with Crippen molar-refractivity contribution in [2.24, 2.45) is 0 Å². The lowest BCUT2D eigenvalue weighted by atomic mass is 9.70. The average molecular weight is 316 g/mol. The van der Waals surface area contributed by atoms with Crippen LogP contribution < -0.4 is 0 Å². The Bertz CT molecular complexity index is 811. The second-order valence-electron chi connectivity index (χ2n) is 5.55. The summed E-state index contributed by atoms with van der Waals surface area (Å²) in [5.74, 6) is 3.08. The molecule has 0 aliphatic carbocycles. The molecular formula is C21H16O3. The maximum Gasteiger partial charge on any atom is 0.115 e. The molecule has 0 saturated heterocycles. The summed E-state index contributed by atoms with van der Waals surface area (Å²) < 4.78 is 0. The lowest BCUT2D eigenvalue weighted by Gasteiger charge is -2.31. The molecule has 0 radical (unpaired) electrons. The van der Waals surface area contributed by atoms with Crippen molar-refractivity contribution in [3.8, 4) is 29.6 Å². The second-order valence-corrected chi connectivity index (χ2v) is 5.55. The van der Waals surface area contributed by atoms with Crippen LogP contribution in [0, 0.1) is 12.3 Å². The van der Waals surface area contributed by atoms with Gasteiger partial charge in [-0.25, -0.2) is 0 Å². The van der Waals surface area contributed by atoms with E-state index in [0.29, 0.717) is 16.7 Å². The third kappa shape index (κ3) is 2.55. The highest BCUT2D eigenvalue weighted by Crippen LogP contribution is 2.41. The minimum atomic E-state index is -1.06.